The van der Waals surface area contributed by atoms with E-state index in [0.29, 0.717) is 17.5 Å². The van der Waals surface area contributed by atoms with Gasteiger partial charge in [-0.15, -0.1) is 15.3 Å². The van der Waals surface area contributed by atoms with Crippen LogP contribution in [0.5, 0.6) is 0 Å². The van der Waals surface area contributed by atoms with Crippen LogP contribution in [-0.2, 0) is 6.42 Å². The zero-order valence-corrected chi connectivity index (χ0v) is 14.5. The number of nitrogens with zero attached hydrogens (tertiary/aromatic N) is 7. The van der Waals surface area contributed by atoms with Crippen LogP contribution in [0.2, 0.25) is 0 Å². The Balaban J connectivity index is 1.31. The highest BCUT2D eigenvalue weighted by molar-refractivity contribution is 5.92. The average molecular weight is 352 g/mol. The monoisotopic (exact) mass is 352 g/mol. The van der Waals surface area contributed by atoms with Crippen LogP contribution in [0, 0.1) is 11.8 Å². The van der Waals surface area contributed by atoms with Gasteiger partial charge in [-0.3, -0.25) is 4.79 Å². The van der Waals surface area contributed by atoms with E-state index in [1.54, 1.807) is 12.5 Å². The summed E-state index contributed by atoms with van der Waals surface area (Å²) < 4.78 is 1.83. The van der Waals surface area contributed by atoms with Crippen molar-refractivity contribution in [2.75, 3.05) is 31.1 Å². The second-order valence-corrected chi connectivity index (χ2v) is 7.03. The summed E-state index contributed by atoms with van der Waals surface area (Å²) >= 11 is 0. The van der Waals surface area contributed by atoms with Gasteiger partial charge in [0.25, 0.3) is 5.91 Å². The van der Waals surface area contributed by atoms with Gasteiger partial charge in [-0.1, -0.05) is 6.92 Å². The number of amides is 1. The number of aryl methyl sites for hydroxylation is 1. The Hall–Kier alpha value is -2.97. The predicted molar refractivity (Wildman–Crippen MR) is 93.8 cm³/mol. The fourth-order valence-corrected chi connectivity index (χ4v) is 4.10. The number of rotatable bonds is 3. The SMILES string of the molecule is CCc1nnc2ccc(N3CC4CN(C(=O)c5cnc[nH]5)CC4C3)nn12. The van der Waals surface area contributed by atoms with Crippen molar-refractivity contribution < 1.29 is 4.79 Å². The van der Waals surface area contributed by atoms with E-state index >= 15 is 0 Å². The molecule has 9 nitrogen and oxygen atoms in total. The van der Waals surface area contributed by atoms with Crippen LogP contribution in [-0.4, -0.2) is 66.8 Å². The molecule has 0 aromatic carbocycles. The standard InChI is InChI=1S/C17H20N8O/c1-2-14-20-21-15-3-4-16(22-25(14)15)23-6-11-8-24(9-12(11)7-23)17(26)13-5-18-10-19-13/h3-5,10-12H,2,6-9H2,1H3,(H,18,19). The van der Waals surface area contributed by atoms with Gasteiger partial charge in [-0.05, 0) is 12.1 Å². The molecular formula is C17H20N8O. The van der Waals surface area contributed by atoms with Crippen molar-refractivity contribution in [2.45, 2.75) is 13.3 Å². The summed E-state index contributed by atoms with van der Waals surface area (Å²) in [5.41, 5.74) is 1.34. The van der Waals surface area contributed by atoms with E-state index < -0.39 is 0 Å². The molecule has 2 unspecified atom stereocenters. The number of H-pyrrole nitrogens is 1. The van der Waals surface area contributed by atoms with Crippen LogP contribution in [0.3, 0.4) is 0 Å². The number of carbonyl (C=O) groups is 1. The molecule has 2 aliphatic rings. The maximum absolute atomic E-state index is 12.5. The molecule has 1 amide bonds. The van der Waals surface area contributed by atoms with E-state index in [1.807, 2.05) is 21.5 Å². The second kappa shape index (κ2) is 5.79. The van der Waals surface area contributed by atoms with Crippen molar-refractivity contribution in [3.63, 3.8) is 0 Å². The highest BCUT2D eigenvalue weighted by Gasteiger charge is 2.42. The van der Waals surface area contributed by atoms with Gasteiger partial charge in [-0.25, -0.2) is 4.98 Å². The second-order valence-electron chi connectivity index (χ2n) is 7.03. The Labute approximate surface area is 150 Å². The normalized spacial score (nSPS) is 22.3. The van der Waals surface area contributed by atoms with Crippen LogP contribution in [0.4, 0.5) is 5.82 Å². The van der Waals surface area contributed by atoms with Gasteiger partial charge in [0, 0.05) is 44.4 Å². The summed E-state index contributed by atoms with van der Waals surface area (Å²) in [6, 6.07) is 3.98. The number of nitrogens with one attached hydrogen (secondary N) is 1. The van der Waals surface area contributed by atoms with E-state index in [0.717, 1.165) is 49.9 Å². The average Bonchev–Trinajstić information content (AvgIpc) is 3.42. The Kier molecular flexibility index (Phi) is 3.41. The molecule has 1 N–H and O–H groups in total. The van der Waals surface area contributed by atoms with E-state index in [4.69, 9.17) is 5.10 Å². The maximum Gasteiger partial charge on any atom is 0.271 e. The van der Waals surface area contributed by atoms with E-state index in [1.165, 1.54) is 0 Å². The zero-order chi connectivity index (χ0) is 17.7. The van der Waals surface area contributed by atoms with Crippen LogP contribution in [0.25, 0.3) is 5.65 Å². The van der Waals surface area contributed by atoms with Gasteiger partial charge in [0.05, 0.1) is 12.5 Å². The van der Waals surface area contributed by atoms with Gasteiger partial charge in [-0.2, -0.15) is 4.52 Å². The minimum absolute atomic E-state index is 0.0417. The minimum Gasteiger partial charge on any atom is -0.354 e. The molecule has 0 aliphatic carbocycles. The van der Waals surface area contributed by atoms with Gasteiger partial charge in [0.2, 0.25) is 0 Å². The Morgan fingerprint density at radius 3 is 2.69 bits per heavy atom. The van der Waals surface area contributed by atoms with E-state index in [9.17, 15) is 4.79 Å². The topological polar surface area (TPSA) is 95.3 Å². The molecule has 2 fully saturated rings. The van der Waals surface area contributed by atoms with Crippen LogP contribution >= 0.6 is 0 Å². The number of aromatic amines is 1. The molecule has 2 atom stereocenters. The van der Waals surface area contributed by atoms with E-state index in [-0.39, 0.29) is 5.91 Å². The van der Waals surface area contributed by atoms with Gasteiger partial charge < -0.3 is 14.8 Å². The van der Waals surface area contributed by atoms with Gasteiger partial charge in [0.1, 0.15) is 11.5 Å². The first-order valence-corrected chi connectivity index (χ1v) is 8.97. The molecule has 5 rings (SSSR count). The zero-order valence-electron chi connectivity index (χ0n) is 14.5. The first-order valence-electron chi connectivity index (χ1n) is 8.97. The molecule has 2 aliphatic heterocycles. The van der Waals surface area contributed by atoms with Crippen molar-refractivity contribution in [1.29, 1.82) is 0 Å². The molecule has 0 radical (unpaired) electrons. The number of aromatic nitrogens is 6. The number of imidazole rings is 1. The van der Waals surface area contributed by atoms with E-state index in [2.05, 4.69) is 32.0 Å². The molecule has 26 heavy (non-hydrogen) atoms. The van der Waals surface area contributed by atoms with Crippen molar-refractivity contribution in [2.24, 2.45) is 11.8 Å². The number of fused-ring (bicyclic) bond motifs is 2. The molecule has 5 heterocycles. The summed E-state index contributed by atoms with van der Waals surface area (Å²) in [6.45, 7) is 5.46. The Bertz CT molecular complexity index is 935. The largest absolute Gasteiger partial charge is 0.354 e. The smallest absolute Gasteiger partial charge is 0.271 e. The molecule has 3 aromatic rings. The molecule has 0 saturated carbocycles. The minimum atomic E-state index is 0.0417. The van der Waals surface area contributed by atoms with Crippen LogP contribution in [0.15, 0.2) is 24.7 Å². The number of anilines is 1. The van der Waals surface area contributed by atoms with Gasteiger partial charge in [0.15, 0.2) is 11.5 Å². The van der Waals surface area contributed by atoms with Crippen molar-refractivity contribution in [3.8, 4) is 0 Å². The molecule has 2 saturated heterocycles. The summed E-state index contributed by atoms with van der Waals surface area (Å²) in [5, 5.41) is 13.1. The Morgan fingerprint density at radius 1 is 1.19 bits per heavy atom. The number of carbonyl (C=O) groups excluding carboxylic acids is 1. The lowest BCUT2D eigenvalue weighted by molar-refractivity contribution is 0.0777. The van der Waals surface area contributed by atoms with Crippen molar-refractivity contribution in [1.82, 2.24) is 34.7 Å². The van der Waals surface area contributed by atoms with Gasteiger partial charge >= 0.3 is 0 Å². The molecule has 0 bridgehead atoms. The van der Waals surface area contributed by atoms with Crippen molar-refractivity contribution in [3.05, 3.63) is 36.2 Å². The fraction of sp³-hybridized carbons (Fsp3) is 0.471. The number of likely N-dealkylation sites (tertiary alicyclic amines) is 1. The molecule has 0 spiro atoms. The molecular weight excluding hydrogens is 332 g/mol. The lowest BCUT2D eigenvalue weighted by Crippen LogP contribution is -2.33. The summed E-state index contributed by atoms with van der Waals surface area (Å²) in [7, 11) is 0. The first-order chi connectivity index (χ1) is 12.7. The lowest BCUT2D eigenvalue weighted by atomic mass is 10.0. The third kappa shape index (κ3) is 2.34. The Morgan fingerprint density at radius 2 is 2.00 bits per heavy atom. The predicted octanol–water partition coefficient (Wildman–Crippen LogP) is 0.618. The summed E-state index contributed by atoms with van der Waals surface area (Å²) in [6.07, 6.45) is 3.93. The highest BCUT2D eigenvalue weighted by atomic mass is 16.2. The van der Waals surface area contributed by atoms with Crippen LogP contribution in [0.1, 0.15) is 23.2 Å². The summed E-state index contributed by atoms with van der Waals surface area (Å²) in [4.78, 5) is 23.6. The molecule has 3 aromatic heterocycles. The quantitative estimate of drug-likeness (QED) is 0.742. The lowest BCUT2D eigenvalue weighted by Gasteiger charge is -2.22. The summed E-state index contributed by atoms with van der Waals surface area (Å²) in [5.74, 6) is 2.82. The number of hydrogen-bond acceptors (Lipinski definition) is 6. The first kappa shape index (κ1) is 15.3. The number of hydrogen-bond donors (Lipinski definition) is 1. The highest BCUT2D eigenvalue weighted by Crippen LogP contribution is 2.33. The molecule has 134 valence electrons. The van der Waals surface area contributed by atoms with Crippen LogP contribution < -0.4 is 4.90 Å². The fourth-order valence-electron chi connectivity index (χ4n) is 4.10. The van der Waals surface area contributed by atoms with Crippen molar-refractivity contribution >= 4 is 17.4 Å². The third-order valence-corrected chi connectivity index (χ3v) is 5.46. The molecule has 9 heteroatoms. The maximum atomic E-state index is 12.5. The third-order valence-electron chi connectivity index (χ3n) is 5.46.